The number of aliphatic hydroxyl groups excluding tert-OH is 2. The molecule has 160 valence electrons. The molecule has 28 heavy (non-hydrogen) atoms. The lowest BCUT2D eigenvalue weighted by molar-refractivity contribution is -0.154. The van der Waals surface area contributed by atoms with E-state index in [-0.39, 0.29) is 36.1 Å². The Hall–Kier alpha value is -1.46. The topological polar surface area (TPSA) is 83.8 Å². The van der Waals surface area contributed by atoms with Crippen LogP contribution in [-0.2, 0) is 14.3 Å². The van der Waals surface area contributed by atoms with Gasteiger partial charge in [0.25, 0.3) is 0 Å². The molecule has 0 spiro atoms. The molecule has 1 aliphatic heterocycles. The first kappa shape index (κ1) is 24.6. The van der Waals surface area contributed by atoms with Gasteiger partial charge in [0.15, 0.2) is 5.78 Å². The second-order valence-corrected chi connectivity index (χ2v) is 8.37. The molecule has 0 aromatic carbocycles. The van der Waals surface area contributed by atoms with E-state index < -0.39 is 24.1 Å². The van der Waals surface area contributed by atoms with Crippen LogP contribution in [0.5, 0.6) is 0 Å². The molecule has 2 N–H and O–H groups in total. The third kappa shape index (κ3) is 7.17. The molecule has 0 saturated heterocycles. The van der Waals surface area contributed by atoms with E-state index in [9.17, 15) is 19.8 Å². The molecule has 0 radical (unpaired) electrons. The molecule has 5 nitrogen and oxygen atoms in total. The third-order valence-electron chi connectivity index (χ3n) is 5.98. The summed E-state index contributed by atoms with van der Waals surface area (Å²) in [6, 6.07) is 0. The molecule has 0 aliphatic carbocycles. The quantitative estimate of drug-likeness (QED) is 0.696. The number of carbonyl (C=O) groups excluding carboxylic acids is 2. The maximum absolute atomic E-state index is 12.5. The van der Waals surface area contributed by atoms with Crippen LogP contribution in [-0.4, -0.2) is 40.3 Å². The Bertz CT molecular complexity index is 580. The van der Waals surface area contributed by atoms with Gasteiger partial charge in [-0.05, 0) is 31.8 Å². The van der Waals surface area contributed by atoms with Gasteiger partial charge in [-0.1, -0.05) is 58.8 Å². The average molecular weight is 395 g/mol. The minimum absolute atomic E-state index is 0.0105. The van der Waals surface area contributed by atoms with Gasteiger partial charge in [0, 0.05) is 17.8 Å². The van der Waals surface area contributed by atoms with Crippen molar-refractivity contribution in [3.8, 4) is 0 Å². The van der Waals surface area contributed by atoms with E-state index in [1.165, 1.54) is 0 Å². The van der Waals surface area contributed by atoms with Crippen LogP contribution in [0.2, 0.25) is 0 Å². The number of ketones is 1. The molecule has 7 unspecified atom stereocenters. The van der Waals surface area contributed by atoms with Crippen LogP contribution in [0.4, 0.5) is 0 Å². The van der Waals surface area contributed by atoms with Gasteiger partial charge >= 0.3 is 5.97 Å². The van der Waals surface area contributed by atoms with Crippen LogP contribution in [0.15, 0.2) is 23.8 Å². The molecule has 0 saturated carbocycles. The maximum atomic E-state index is 12.5. The number of ether oxygens (including phenoxy) is 1. The lowest BCUT2D eigenvalue weighted by atomic mass is 9.80. The van der Waals surface area contributed by atoms with Crippen molar-refractivity contribution < 1.29 is 24.5 Å². The summed E-state index contributed by atoms with van der Waals surface area (Å²) in [6.07, 6.45) is 5.07. The van der Waals surface area contributed by atoms with E-state index in [2.05, 4.69) is 0 Å². The van der Waals surface area contributed by atoms with Gasteiger partial charge in [0.1, 0.15) is 6.10 Å². The second kappa shape index (κ2) is 11.5. The van der Waals surface area contributed by atoms with E-state index >= 15 is 0 Å². The van der Waals surface area contributed by atoms with Gasteiger partial charge in [0.2, 0.25) is 0 Å². The van der Waals surface area contributed by atoms with E-state index in [1.54, 1.807) is 19.1 Å². The first-order valence-electron chi connectivity index (χ1n) is 10.6. The third-order valence-corrected chi connectivity index (χ3v) is 5.98. The first-order chi connectivity index (χ1) is 13.1. The summed E-state index contributed by atoms with van der Waals surface area (Å²) in [5.74, 6) is -1.25. The van der Waals surface area contributed by atoms with E-state index in [4.69, 9.17) is 4.74 Å². The molecule has 0 aromatic rings. The predicted octanol–water partition coefficient (Wildman–Crippen LogP) is 3.83. The smallest absolute Gasteiger partial charge is 0.308 e. The van der Waals surface area contributed by atoms with Crippen LogP contribution in [0.1, 0.15) is 67.2 Å². The standard InChI is InChI=1S/C23H38O5/c1-7-18-12-15(4)19(24)10-9-14(3)11-16(5)21(8-2)28-22(26)13-20(25)17(6)23(18)27/h9-11,15-18,20-21,23,25,27H,7-8,12-13H2,1-6H3/b10-9-,14-11-. The SMILES string of the molecule is CCC1CC(C)C(=O)/C=C\C(C)=C/C(C)C(CC)OC(=O)CC(O)C(C)C1O. The highest BCUT2D eigenvalue weighted by Gasteiger charge is 2.32. The number of carbonyl (C=O) groups is 2. The summed E-state index contributed by atoms with van der Waals surface area (Å²) in [5.41, 5.74) is 0.940. The molecule has 5 heteroatoms. The van der Waals surface area contributed by atoms with E-state index in [1.807, 2.05) is 40.7 Å². The van der Waals surface area contributed by atoms with Gasteiger partial charge < -0.3 is 14.9 Å². The second-order valence-electron chi connectivity index (χ2n) is 8.37. The van der Waals surface area contributed by atoms with Crippen molar-refractivity contribution in [2.24, 2.45) is 23.7 Å². The van der Waals surface area contributed by atoms with Crippen LogP contribution < -0.4 is 0 Å². The highest BCUT2D eigenvalue weighted by Crippen LogP contribution is 2.28. The number of aliphatic hydroxyl groups is 2. The zero-order chi connectivity index (χ0) is 21.4. The fraction of sp³-hybridized carbons (Fsp3) is 0.739. The highest BCUT2D eigenvalue weighted by atomic mass is 16.5. The lowest BCUT2D eigenvalue weighted by Crippen LogP contribution is -2.38. The molecule has 0 fully saturated rings. The Morgan fingerprint density at radius 3 is 2.29 bits per heavy atom. The van der Waals surface area contributed by atoms with Crippen LogP contribution in [0.25, 0.3) is 0 Å². The average Bonchev–Trinajstić information content (AvgIpc) is 2.65. The van der Waals surface area contributed by atoms with Crippen LogP contribution >= 0.6 is 0 Å². The molecular weight excluding hydrogens is 356 g/mol. The Morgan fingerprint density at radius 2 is 1.71 bits per heavy atom. The first-order valence-corrected chi connectivity index (χ1v) is 10.6. The predicted molar refractivity (Wildman–Crippen MR) is 111 cm³/mol. The van der Waals surface area contributed by atoms with Crippen molar-refractivity contribution in [1.82, 2.24) is 0 Å². The molecule has 1 heterocycles. The van der Waals surface area contributed by atoms with Crippen molar-refractivity contribution >= 4 is 11.8 Å². The number of hydrogen-bond donors (Lipinski definition) is 2. The zero-order valence-corrected chi connectivity index (χ0v) is 18.2. The van der Waals surface area contributed by atoms with Crippen molar-refractivity contribution in [2.75, 3.05) is 0 Å². The van der Waals surface area contributed by atoms with Gasteiger partial charge in [-0.3, -0.25) is 9.59 Å². The normalized spacial score (nSPS) is 39.7. The Labute approximate surface area is 169 Å². The van der Waals surface area contributed by atoms with E-state index in [0.717, 1.165) is 5.57 Å². The molecule has 7 atom stereocenters. The Morgan fingerprint density at radius 1 is 1.07 bits per heavy atom. The lowest BCUT2D eigenvalue weighted by Gasteiger charge is -2.31. The molecule has 0 bridgehead atoms. The number of cyclic esters (lactones) is 1. The fourth-order valence-electron chi connectivity index (χ4n) is 3.87. The number of allylic oxidation sites excluding steroid dienone is 3. The molecular formula is C23H38O5. The summed E-state index contributed by atoms with van der Waals surface area (Å²) in [6.45, 7) is 11.4. The molecule has 1 aliphatic rings. The van der Waals surface area contributed by atoms with Gasteiger partial charge in [0.05, 0.1) is 18.6 Å². The van der Waals surface area contributed by atoms with Gasteiger partial charge in [-0.15, -0.1) is 0 Å². The van der Waals surface area contributed by atoms with Gasteiger partial charge in [-0.25, -0.2) is 0 Å². The summed E-state index contributed by atoms with van der Waals surface area (Å²) in [7, 11) is 0. The fourth-order valence-corrected chi connectivity index (χ4v) is 3.87. The van der Waals surface area contributed by atoms with Crippen molar-refractivity contribution in [3.05, 3.63) is 23.8 Å². The number of rotatable bonds is 2. The summed E-state index contributed by atoms with van der Waals surface area (Å²) in [5, 5.41) is 21.2. The van der Waals surface area contributed by atoms with Crippen molar-refractivity contribution in [3.63, 3.8) is 0 Å². The van der Waals surface area contributed by atoms with E-state index in [0.29, 0.717) is 19.3 Å². The monoisotopic (exact) mass is 394 g/mol. The highest BCUT2D eigenvalue weighted by molar-refractivity contribution is 5.91. The van der Waals surface area contributed by atoms with Crippen LogP contribution in [0, 0.1) is 23.7 Å². The maximum Gasteiger partial charge on any atom is 0.308 e. The minimum atomic E-state index is -0.986. The Balaban J connectivity index is 3.18. The van der Waals surface area contributed by atoms with Crippen molar-refractivity contribution in [2.45, 2.75) is 85.5 Å². The zero-order valence-electron chi connectivity index (χ0n) is 18.2. The van der Waals surface area contributed by atoms with Crippen molar-refractivity contribution in [1.29, 1.82) is 0 Å². The summed E-state index contributed by atoms with van der Waals surface area (Å²) >= 11 is 0. The molecule has 1 rings (SSSR count). The molecule has 0 aromatic heterocycles. The molecule has 0 amide bonds. The number of esters is 1. The van der Waals surface area contributed by atoms with Gasteiger partial charge in [-0.2, -0.15) is 0 Å². The Kier molecular flexibility index (Phi) is 10.1. The summed E-state index contributed by atoms with van der Waals surface area (Å²) in [4.78, 5) is 24.8. The largest absolute Gasteiger partial charge is 0.462 e. The minimum Gasteiger partial charge on any atom is -0.462 e. The van der Waals surface area contributed by atoms with Crippen LogP contribution in [0.3, 0.4) is 0 Å². The number of hydrogen-bond acceptors (Lipinski definition) is 5. The summed E-state index contributed by atoms with van der Waals surface area (Å²) < 4.78 is 5.59.